The summed E-state index contributed by atoms with van der Waals surface area (Å²) in [5.41, 5.74) is -1.69. The van der Waals surface area contributed by atoms with Crippen LogP contribution in [0.25, 0.3) is 0 Å². The van der Waals surface area contributed by atoms with Gasteiger partial charge in [0, 0.05) is 29.5 Å². The van der Waals surface area contributed by atoms with Gasteiger partial charge in [0.2, 0.25) is 9.05 Å². The molecule has 0 amide bonds. The van der Waals surface area contributed by atoms with E-state index in [4.69, 9.17) is 10.7 Å². The molecule has 0 atom stereocenters. The smallest absolute Gasteiger partial charge is 0.275 e. The number of alkyl halides is 3. The third-order valence-corrected chi connectivity index (χ3v) is 2.48. The van der Waals surface area contributed by atoms with Crippen LogP contribution >= 0.6 is 10.7 Å². The molecule has 0 spiro atoms. The molecule has 1 aromatic heterocycles. The Bertz CT molecular complexity index is 465. The SMILES string of the molecule is Cn1cc(CS(=O)(=O)Cl)c(C(F)(F)F)n1. The molecule has 0 aliphatic carbocycles. The van der Waals surface area contributed by atoms with Crippen molar-refractivity contribution >= 4 is 19.7 Å². The molecule has 0 fully saturated rings. The molecule has 0 saturated heterocycles. The van der Waals surface area contributed by atoms with E-state index in [1.165, 1.54) is 7.05 Å². The van der Waals surface area contributed by atoms with E-state index in [0.717, 1.165) is 10.9 Å². The molecule has 0 bridgehead atoms. The lowest BCUT2D eigenvalue weighted by molar-refractivity contribution is -0.141. The summed E-state index contributed by atoms with van der Waals surface area (Å²) in [5, 5.41) is 3.13. The number of hydrogen-bond acceptors (Lipinski definition) is 3. The number of rotatable bonds is 2. The second-order valence-electron chi connectivity index (χ2n) is 2.86. The van der Waals surface area contributed by atoms with Crippen molar-refractivity contribution in [3.05, 3.63) is 17.5 Å². The van der Waals surface area contributed by atoms with Crippen LogP contribution in [0.15, 0.2) is 6.20 Å². The molecule has 0 aliphatic rings. The van der Waals surface area contributed by atoms with E-state index in [1.807, 2.05) is 0 Å². The first-order valence-corrected chi connectivity index (χ1v) is 6.09. The fourth-order valence-corrected chi connectivity index (χ4v) is 2.00. The number of aromatic nitrogens is 2. The summed E-state index contributed by atoms with van der Waals surface area (Å²) in [6, 6.07) is 0. The minimum Gasteiger partial charge on any atom is -0.275 e. The summed E-state index contributed by atoms with van der Waals surface area (Å²) in [4.78, 5) is 0. The van der Waals surface area contributed by atoms with Gasteiger partial charge in [0.25, 0.3) is 0 Å². The molecule has 1 heterocycles. The molecule has 0 radical (unpaired) electrons. The lowest BCUT2D eigenvalue weighted by Crippen LogP contribution is -2.10. The van der Waals surface area contributed by atoms with E-state index in [-0.39, 0.29) is 0 Å². The summed E-state index contributed by atoms with van der Waals surface area (Å²) >= 11 is 0. The Morgan fingerprint density at radius 2 is 2.07 bits per heavy atom. The predicted molar refractivity (Wildman–Crippen MR) is 46.7 cm³/mol. The van der Waals surface area contributed by atoms with Gasteiger partial charge in [-0.25, -0.2) is 8.42 Å². The van der Waals surface area contributed by atoms with E-state index in [1.54, 1.807) is 0 Å². The maximum atomic E-state index is 12.3. The molecule has 1 aromatic rings. The van der Waals surface area contributed by atoms with Gasteiger partial charge in [0.15, 0.2) is 5.69 Å². The summed E-state index contributed by atoms with van der Waals surface area (Å²) in [7, 11) is 2.10. The third-order valence-electron chi connectivity index (χ3n) is 1.50. The fourth-order valence-electron chi connectivity index (χ4n) is 1.07. The standard InChI is InChI=1S/C6H6ClF3N2O2S/c1-12-2-4(3-15(7,13)14)5(11-12)6(8,9)10/h2H,3H2,1H3. The Balaban J connectivity index is 3.19. The molecule has 0 aromatic carbocycles. The highest BCUT2D eigenvalue weighted by atomic mass is 35.7. The molecular formula is C6H6ClF3N2O2S. The zero-order valence-corrected chi connectivity index (χ0v) is 8.99. The summed E-state index contributed by atoms with van der Waals surface area (Å²) in [6.45, 7) is 0. The first kappa shape index (κ1) is 12.3. The van der Waals surface area contributed by atoms with Crippen molar-refractivity contribution in [2.24, 2.45) is 7.05 Å². The predicted octanol–water partition coefficient (Wildman–Crippen LogP) is 1.51. The molecule has 4 nitrogen and oxygen atoms in total. The van der Waals surface area contributed by atoms with E-state index < -0.39 is 32.2 Å². The molecule has 0 unspecified atom stereocenters. The van der Waals surface area contributed by atoms with Crippen LogP contribution in [0.5, 0.6) is 0 Å². The number of halogens is 4. The minimum atomic E-state index is -4.68. The van der Waals surface area contributed by atoms with Gasteiger partial charge in [-0.2, -0.15) is 18.3 Å². The van der Waals surface area contributed by atoms with Crippen LogP contribution in [0, 0.1) is 0 Å². The summed E-state index contributed by atoms with van der Waals surface area (Å²) in [5.74, 6) is -0.892. The van der Waals surface area contributed by atoms with Gasteiger partial charge in [-0.05, 0) is 0 Å². The quantitative estimate of drug-likeness (QED) is 0.759. The van der Waals surface area contributed by atoms with Crippen molar-refractivity contribution in [2.45, 2.75) is 11.9 Å². The van der Waals surface area contributed by atoms with Gasteiger partial charge in [-0.15, -0.1) is 0 Å². The molecule has 9 heteroatoms. The molecule has 1 rings (SSSR count). The second-order valence-corrected chi connectivity index (χ2v) is 5.63. The molecular weight excluding hydrogens is 257 g/mol. The van der Waals surface area contributed by atoms with Gasteiger partial charge in [-0.3, -0.25) is 4.68 Å². The summed E-state index contributed by atoms with van der Waals surface area (Å²) in [6.07, 6.45) is -3.71. The molecule has 86 valence electrons. The maximum Gasteiger partial charge on any atom is 0.435 e. The Morgan fingerprint density at radius 3 is 2.47 bits per heavy atom. The number of nitrogens with zero attached hydrogens (tertiary/aromatic N) is 2. The monoisotopic (exact) mass is 262 g/mol. The van der Waals surface area contributed by atoms with Crippen LogP contribution < -0.4 is 0 Å². The van der Waals surface area contributed by atoms with Gasteiger partial charge >= 0.3 is 6.18 Å². The highest BCUT2D eigenvalue weighted by Gasteiger charge is 2.37. The van der Waals surface area contributed by atoms with Gasteiger partial charge in [0.05, 0.1) is 5.75 Å². The van der Waals surface area contributed by atoms with Crippen molar-refractivity contribution in [1.29, 1.82) is 0 Å². The van der Waals surface area contributed by atoms with Crippen molar-refractivity contribution in [1.82, 2.24) is 9.78 Å². The van der Waals surface area contributed by atoms with Crippen molar-refractivity contribution in [3.8, 4) is 0 Å². The van der Waals surface area contributed by atoms with E-state index in [0.29, 0.717) is 0 Å². The van der Waals surface area contributed by atoms with E-state index in [2.05, 4.69) is 5.10 Å². The lowest BCUT2D eigenvalue weighted by atomic mass is 10.3. The Morgan fingerprint density at radius 1 is 1.53 bits per heavy atom. The Labute approximate surface area is 88.1 Å². The molecule has 0 N–H and O–H groups in total. The highest BCUT2D eigenvalue weighted by Crippen LogP contribution is 2.31. The van der Waals surface area contributed by atoms with Crippen LogP contribution in [-0.2, 0) is 28.0 Å². The number of aryl methyl sites for hydroxylation is 1. The zero-order valence-electron chi connectivity index (χ0n) is 7.42. The van der Waals surface area contributed by atoms with Crippen LogP contribution in [0.4, 0.5) is 13.2 Å². The van der Waals surface area contributed by atoms with Crippen LogP contribution in [0.3, 0.4) is 0 Å². The minimum absolute atomic E-state index is 0.458. The highest BCUT2D eigenvalue weighted by molar-refractivity contribution is 8.13. The molecule has 0 saturated carbocycles. The van der Waals surface area contributed by atoms with Crippen molar-refractivity contribution < 1.29 is 21.6 Å². The topological polar surface area (TPSA) is 52.0 Å². The molecule has 15 heavy (non-hydrogen) atoms. The van der Waals surface area contributed by atoms with Crippen LogP contribution in [0.2, 0.25) is 0 Å². The normalized spacial score (nSPS) is 13.1. The van der Waals surface area contributed by atoms with Crippen molar-refractivity contribution in [2.75, 3.05) is 0 Å². The van der Waals surface area contributed by atoms with E-state index in [9.17, 15) is 21.6 Å². The van der Waals surface area contributed by atoms with Crippen LogP contribution in [0.1, 0.15) is 11.3 Å². The zero-order chi connectivity index (χ0) is 11.9. The maximum absolute atomic E-state index is 12.3. The Hall–Kier alpha value is -0.760. The Kier molecular flexibility index (Phi) is 3.01. The average molecular weight is 263 g/mol. The third kappa shape index (κ3) is 3.38. The number of hydrogen-bond donors (Lipinski definition) is 0. The first-order chi connectivity index (χ1) is 6.59. The van der Waals surface area contributed by atoms with Crippen LogP contribution in [-0.4, -0.2) is 18.2 Å². The lowest BCUT2D eigenvalue weighted by Gasteiger charge is -2.03. The van der Waals surface area contributed by atoms with Crippen molar-refractivity contribution in [3.63, 3.8) is 0 Å². The average Bonchev–Trinajstić information content (AvgIpc) is 2.25. The van der Waals surface area contributed by atoms with Gasteiger partial charge < -0.3 is 0 Å². The first-order valence-electron chi connectivity index (χ1n) is 3.61. The van der Waals surface area contributed by atoms with Gasteiger partial charge in [-0.1, -0.05) is 0 Å². The van der Waals surface area contributed by atoms with E-state index >= 15 is 0 Å². The fraction of sp³-hybridized carbons (Fsp3) is 0.500. The second kappa shape index (κ2) is 3.67. The molecule has 0 aliphatic heterocycles. The van der Waals surface area contributed by atoms with Gasteiger partial charge in [0.1, 0.15) is 0 Å². The largest absolute Gasteiger partial charge is 0.435 e. The summed E-state index contributed by atoms with van der Waals surface area (Å²) < 4.78 is 59.2.